The number of anilines is 1. The number of morpholine rings is 1. The van der Waals surface area contributed by atoms with Crippen LogP contribution in [0.2, 0.25) is 0 Å². The van der Waals surface area contributed by atoms with E-state index in [1.165, 1.54) is 12.1 Å². The average Bonchev–Trinajstić information content (AvgIpc) is 2.49. The maximum Gasteiger partial charge on any atom is 0.149 e. The van der Waals surface area contributed by atoms with Gasteiger partial charge in [-0.3, -0.25) is 4.90 Å². The van der Waals surface area contributed by atoms with Crippen molar-refractivity contribution in [1.29, 1.82) is 0 Å². The fraction of sp³-hybridized carbons (Fsp3) is 0.600. The first-order chi connectivity index (χ1) is 10.2. The first kappa shape index (κ1) is 14.7. The molecular weight excluding hydrogens is 276 g/mol. The predicted octanol–water partition coefficient (Wildman–Crippen LogP) is 1.21. The first-order valence-electron chi connectivity index (χ1n) is 7.48. The number of ether oxygens (including phenoxy) is 1. The number of piperazine rings is 1. The van der Waals surface area contributed by atoms with Crippen LogP contribution in [0.25, 0.3) is 0 Å². The van der Waals surface area contributed by atoms with Crippen LogP contribution in [0, 0.1) is 11.6 Å². The van der Waals surface area contributed by atoms with Crippen LogP contribution in [0.3, 0.4) is 0 Å². The summed E-state index contributed by atoms with van der Waals surface area (Å²) in [6, 6.07) is 2.94. The standard InChI is InChI=1S/C15H21F2N3O/c16-13-9-12(11-19-5-7-21-8-6-19)10-14(17)15(13)20-3-1-18-2-4-20/h9-10,18H,1-8,11H2. The van der Waals surface area contributed by atoms with Crippen LogP contribution < -0.4 is 10.2 Å². The third-order valence-corrected chi connectivity index (χ3v) is 4.02. The molecule has 1 N–H and O–H groups in total. The first-order valence-corrected chi connectivity index (χ1v) is 7.48. The molecule has 2 saturated heterocycles. The van der Waals surface area contributed by atoms with Crippen LogP contribution in [0.1, 0.15) is 5.56 Å². The van der Waals surface area contributed by atoms with Crippen molar-refractivity contribution >= 4 is 5.69 Å². The van der Waals surface area contributed by atoms with Crippen molar-refractivity contribution in [3.63, 3.8) is 0 Å². The molecule has 6 heteroatoms. The zero-order valence-corrected chi connectivity index (χ0v) is 12.1. The Hall–Kier alpha value is -1.24. The summed E-state index contributed by atoms with van der Waals surface area (Å²) in [4.78, 5) is 3.93. The second-order valence-electron chi connectivity index (χ2n) is 5.53. The molecule has 2 aliphatic heterocycles. The SMILES string of the molecule is Fc1cc(CN2CCOCC2)cc(F)c1N1CCNCC1. The summed E-state index contributed by atoms with van der Waals surface area (Å²) in [6.07, 6.45) is 0. The lowest BCUT2D eigenvalue weighted by Gasteiger charge is -2.30. The molecule has 3 rings (SSSR count). The summed E-state index contributed by atoms with van der Waals surface area (Å²) in [7, 11) is 0. The van der Waals surface area contributed by atoms with Gasteiger partial charge >= 0.3 is 0 Å². The highest BCUT2D eigenvalue weighted by Gasteiger charge is 2.20. The molecule has 116 valence electrons. The van der Waals surface area contributed by atoms with Crippen LogP contribution >= 0.6 is 0 Å². The third-order valence-electron chi connectivity index (χ3n) is 4.02. The van der Waals surface area contributed by atoms with E-state index in [9.17, 15) is 8.78 Å². The van der Waals surface area contributed by atoms with E-state index >= 15 is 0 Å². The number of nitrogens with zero attached hydrogens (tertiary/aromatic N) is 2. The summed E-state index contributed by atoms with van der Waals surface area (Å²) >= 11 is 0. The molecule has 0 aliphatic carbocycles. The van der Waals surface area contributed by atoms with Gasteiger partial charge in [-0.15, -0.1) is 0 Å². The number of rotatable bonds is 3. The largest absolute Gasteiger partial charge is 0.379 e. The molecular formula is C15H21F2N3O. The van der Waals surface area contributed by atoms with Crippen molar-refractivity contribution in [2.75, 3.05) is 57.4 Å². The fourth-order valence-electron chi connectivity index (χ4n) is 2.92. The number of halogens is 2. The molecule has 2 heterocycles. The molecule has 2 aliphatic rings. The van der Waals surface area contributed by atoms with Gasteiger partial charge in [-0.05, 0) is 17.7 Å². The number of hydrogen-bond acceptors (Lipinski definition) is 4. The molecule has 0 atom stereocenters. The third kappa shape index (κ3) is 3.51. The molecule has 0 radical (unpaired) electrons. The van der Waals surface area contributed by atoms with Gasteiger partial charge in [-0.2, -0.15) is 0 Å². The molecule has 0 aromatic heterocycles. The Labute approximate surface area is 123 Å². The Morgan fingerprint density at radius 2 is 1.62 bits per heavy atom. The van der Waals surface area contributed by atoms with Gasteiger partial charge in [-0.1, -0.05) is 0 Å². The van der Waals surface area contributed by atoms with E-state index in [4.69, 9.17) is 4.74 Å². The number of hydrogen-bond donors (Lipinski definition) is 1. The number of nitrogens with one attached hydrogen (secondary N) is 1. The molecule has 0 bridgehead atoms. The van der Waals surface area contributed by atoms with E-state index in [1.54, 1.807) is 4.90 Å². The summed E-state index contributed by atoms with van der Waals surface area (Å²) in [6.45, 7) is 6.34. The Morgan fingerprint density at radius 3 is 2.24 bits per heavy atom. The number of benzene rings is 1. The van der Waals surface area contributed by atoms with Crippen LogP contribution in [0.5, 0.6) is 0 Å². The molecule has 0 saturated carbocycles. The smallest absolute Gasteiger partial charge is 0.149 e. The lowest BCUT2D eigenvalue weighted by atomic mass is 10.1. The predicted molar refractivity (Wildman–Crippen MR) is 77.5 cm³/mol. The molecule has 2 fully saturated rings. The second kappa shape index (κ2) is 6.68. The van der Waals surface area contributed by atoms with Crippen LogP contribution in [-0.4, -0.2) is 57.4 Å². The van der Waals surface area contributed by atoms with E-state index in [0.29, 0.717) is 38.4 Å². The highest BCUT2D eigenvalue weighted by Crippen LogP contribution is 2.26. The molecule has 0 spiro atoms. The van der Waals surface area contributed by atoms with Crippen LogP contribution in [0.15, 0.2) is 12.1 Å². The van der Waals surface area contributed by atoms with Crippen molar-refractivity contribution in [1.82, 2.24) is 10.2 Å². The van der Waals surface area contributed by atoms with E-state index < -0.39 is 11.6 Å². The van der Waals surface area contributed by atoms with Gasteiger partial charge in [0.1, 0.15) is 17.3 Å². The van der Waals surface area contributed by atoms with Gasteiger partial charge in [-0.25, -0.2) is 8.78 Å². The second-order valence-corrected chi connectivity index (χ2v) is 5.53. The summed E-state index contributed by atoms with van der Waals surface area (Å²) < 4.78 is 33.9. The maximum absolute atomic E-state index is 14.3. The Morgan fingerprint density at radius 1 is 1.00 bits per heavy atom. The summed E-state index contributed by atoms with van der Waals surface area (Å²) in [5.41, 5.74) is 0.799. The van der Waals surface area contributed by atoms with Gasteiger partial charge < -0.3 is 15.0 Å². The molecule has 4 nitrogen and oxygen atoms in total. The highest BCUT2D eigenvalue weighted by atomic mass is 19.1. The summed E-state index contributed by atoms with van der Waals surface area (Å²) in [5.74, 6) is -0.916. The molecule has 1 aromatic carbocycles. The van der Waals surface area contributed by atoms with Gasteiger partial charge in [0.2, 0.25) is 0 Å². The van der Waals surface area contributed by atoms with Gasteiger partial charge in [0, 0.05) is 45.8 Å². The van der Waals surface area contributed by atoms with Crippen molar-refractivity contribution in [3.8, 4) is 0 Å². The van der Waals surface area contributed by atoms with Crippen molar-refractivity contribution in [3.05, 3.63) is 29.3 Å². The monoisotopic (exact) mass is 297 g/mol. The molecule has 1 aromatic rings. The lowest BCUT2D eigenvalue weighted by Crippen LogP contribution is -2.44. The van der Waals surface area contributed by atoms with Gasteiger partial charge in [0.15, 0.2) is 0 Å². The Kier molecular flexibility index (Phi) is 4.67. The minimum Gasteiger partial charge on any atom is -0.379 e. The zero-order chi connectivity index (χ0) is 14.7. The van der Waals surface area contributed by atoms with Gasteiger partial charge in [0.05, 0.1) is 13.2 Å². The zero-order valence-electron chi connectivity index (χ0n) is 12.1. The topological polar surface area (TPSA) is 27.7 Å². The normalized spacial score (nSPS) is 20.8. The average molecular weight is 297 g/mol. The van der Waals surface area contributed by atoms with E-state index in [0.717, 1.165) is 26.2 Å². The molecule has 0 unspecified atom stereocenters. The minimum atomic E-state index is -0.458. The van der Waals surface area contributed by atoms with Crippen LogP contribution in [0.4, 0.5) is 14.5 Å². The Bertz CT molecular complexity index is 463. The highest BCUT2D eigenvalue weighted by molar-refractivity contribution is 5.51. The fourth-order valence-corrected chi connectivity index (χ4v) is 2.92. The van der Waals surface area contributed by atoms with Crippen molar-refractivity contribution in [2.24, 2.45) is 0 Å². The van der Waals surface area contributed by atoms with E-state index in [2.05, 4.69) is 10.2 Å². The van der Waals surface area contributed by atoms with E-state index in [-0.39, 0.29) is 5.69 Å². The van der Waals surface area contributed by atoms with Crippen molar-refractivity contribution < 1.29 is 13.5 Å². The van der Waals surface area contributed by atoms with E-state index in [1.807, 2.05) is 0 Å². The van der Waals surface area contributed by atoms with Crippen molar-refractivity contribution in [2.45, 2.75) is 6.54 Å². The maximum atomic E-state index is 14.3. The van der Waals surface area contributed by atoms with Gasteiger partial charge in [0.25, 0.3) is 0 Å². The lowest BCUT2D eigenvalue weighted by molar-refractivity contribution is 0.0341. The van der Waals surface area contributed by atoms with Crippen LogP contribution in [-0.2, 0) is 11.3 Å². The Balaban J connectivity index is 1.75. The summed E-state index contributed by atoms with van der Waals surface area (Å²) in [5, 5.41) is 3.18. The quantitative estimate of drug-likeness (QED) is 0.907. The minimum absolute atomic E-state index is 0.113. The molecule has 21 heavy (non-hydrogen) atoms. The molecule has 0 amide bonds.